The standard InChI is InChI=1S/C19H28N4O2S/c1-16-21-19(15-22(16)2)26(24,25)20-14-18(17-10-6-5-7-11-17)23-12-8-3-4-9-13-23/h5-7,10-11,15,18,20H,3-4,8-9,12-14H2,1-2H3. The maximum Gasteiger partial charge on any atom is 0.259 e. The number of sulfonamides is 1. The molecule has 2 heterocycles. The highest BCUT2D eigenvalue weighted by Gasteiger charge is 2.25. The summed E-state index contributed by atoms with van der Waals surface area (Å²) in [5.41, 5.74) is 1.15. The van der Waals surface area contributed by atoms with Crippen LogP contribution in [0.25, 0.3) is 0 Å². The molecule has 0 spiro atoms. The van der Waals surface area contributed by atoms with Crippen LogP contribution in [0, 0.1) is 6.92 Å². The number of rotatable bonds is 6. The van der Waals surface area contributed by atoms with Crippen molar-refractivity contribution >= 4 is 10.0 Å². The zero-order chi connectivity index (χ0) is 18.6. The topological polar surface area (TPSA) is 67.2 Å². The second kappa shape index (κ2) is 8.33. The van der Waals surface area contributed by atoms with E-state index in [1.54, 1.807) is 24.7 Å². The first kappa shape index (κ1) is 19.1. The zero-order valence-corrected chi connectivity index (χ0v) is 16.4. The van der Waals surface area contributed by atoms with Crippen LogP contribution < -0.4 is 4.72 Å². The first-order valence-corrected chi connectivity index (χ1v) is 10.7. The molecule has 1 fully saturated rings. The van der Waals surface area contributed by atoms with Gasteiger partial charge in [0, 0.05) is 25.8 Å². The van der Waals surface area contributed by atoms with E-state index in [4.69, 9.17) is 0 Å². The Morgan fingerprint density at radius 1 is 1.12 bits per heavy atom. The molecule has 0 amide bonds. The average Bonchev–Trinajstić information content (AvgIpc) is 2.83. The van der Waals surface area contributed by atoms with Gasteiger partial charge in [0.1, 0.15) is 5.82 Å². The minimum Gasteiger partial charge on any atom is -0.337 e. The number of imidazole rings is 1. The highest BCUT2D eigenvalue weighted by atomic mass is 32.2. The molecule has 0 saturated carbocycles. The van der Waals surface area contributed by atoms with Crippen molar-refractivity contribution in [2.24, 2.45) is 7.05 Å². The third kappa shape index (κ3) is 4.52. The van der Waals surface area contributed by atoms with E-state index in [2.05, 4.69) is 26.7 Å². The van der Waals surface area contributed by atoms with Gasteiger partial charge < -0.3 is 4.57 Å². The fourth-order valence-electron chi connectivity index (χ4n) is 3.46. The number of nitrogens with one attached hydrogen (secondary N) is 1. The fraction of sp³-hybridized carbons (Fsp3) is 0.526. The summed E-state index contributed by atoms with van der Waals surface area (Å²) in [7, 11) is -1.82. The Bertz CT molecular complexity index is 790. The number of hydrogen-bond donors (Lipinski definition) is 1. The maximum atomic E-state index is 12.7. The summed E-state index contributed by atoms with van der Waals surface area (Å²) in [6.45, 7) is 4.15. The van der Waals surface area contributed by atoms with Gasteiger partial charge in [-0.05, 0) is 38.4 Å². The van der Waals surface area contributed by atoms with Crippen LogP contribution in [-0.2, 0) is 17.1 Å². The molecule has 1 atom stereocenters. The molecule has 26 heavy (non-hydrogen) atoms. The summed E-state index contributed by atoms with van der Waals surface area (Å²) in [5, 5.41) is 0.0835. The molecule has 0 aliphatic carbocycles. The van der Waals surface area contributed by atoms with E-state index in [0.29, 0.717) is 12.4 Å². The third-order valence-electron chi connectivity index (χ3n) is 5.09. The van der Waals surface area contributed by atoms with E-state index < -0.39 is 10.0 Å². The van der Waals surface area contributed by atoms with E-state index in [-0.39, 0.29) is 11.1 Å². The van der Waals surface area contributed by atoms with Crippen LogP contribution in [0.5, 0.6) is 0 Å². The summed E-state index contributed by atoms with van der Waals surface area (Å²) in [6.07, 6.45) is 6.38. The molecule has 1 N–H and O–H groups in total. The summed E-state index contributed by atoms with van der Waals surface area (Å²) >= 11 is 0. The van der Waals surface area contributed by atoms with Gasteiger partial charge >= 0.3 is 0 Å². The van der Waals surface area contributed by atoms with Gasteiger partial charge in [0.25, 0.3) is 10.0 Å². The maximum absolute atomic E-state index is 12.7. The van der Waals surface area contributed by atoms with Crippen molar-refractivity contribution in [2.45, 2.75) is 43.7 Å². The number of nitrogens with zero attached hydrogens (tertiary/aromatic N) is 3. The molecule has 1 aliphatic rings. The number of aromatic nitrogens is 2. The summed E-state index contributed by atoms with van der Waals surface area (Å²) in [6, 6.07) is 10.2. The van der Waals surface area contributed by atoms with Gasteiger partial charge in [0.15, 0.2) is 5.03 Å². The number of aryl methyl sites for hydroxylation is 2. The molecular weight excluding hydrogens is 348 g/mol. The normalized spacial score (nSPS) is 17.8. The molecule has 7 heteroatoms. The lowest BCUT2D eigenvalue weighted by atomic mass is 10.1. The van der Waals surface area contributed by atoms with Crippen LogP contribution in [0.3, 0.4) is 0 Å². The summed E-state index contributed by atoms with van der Waals surface area (Å²) < 4.78 is 29.9. The van der Waals surface area contributed by atoms with Gasteiger partial charge in [-0.15, -0.1) is 0 Å². The first-order valence-electron chi connectivity index (χ1n) is 9.26. The van der Waals surface area contributed by atoms with Crippen molar-refractivity contribution < 1.29 is 8.42 Å². The van der Waals surface area contributed by atoms with E-state index >= 15 is 0 Å². The smallest absolute Gasteiger partial charge is 0.259 e. The molecule has 0 bridgehead atoms. The van der Waals surface area contributed by atoms with Crippen LogP contribution in [0.15, 0.2) is 41.6 Å². The molecule has 1 unspecified atom stereocenters. The molecule has 3 rings (SSSR count). The predicted octanol–water partition coefficient (Wildman–Crippen LogP) is 2.62. The average molecular weight is 377 g/mol. The Hall–Kier alpha value is -1.70. The zero-order valence-electron chi connectivity index (χ0n) is 15.6. The minimum atomic E-state index is -3.62. The Morgan fingerprint density at radius 3 is 2.35 bits per heavy atom. The van der Waals surface area contributed by atoms with E-state index in [9.17, 15) is 8.42 Å². The van der Waals surface area contributed by atoms with Gasteiger partial charge in [-0.25, -0.2) is 18.1 Å². The van der Waals surface area contributed by atoms with Gasteiger partial charge in [-0.1, -0.05) is 43.2 Å². The lowest BCUT2D eigenvalue weighted by molar-refractivity contribution is 0.206. The third-order valence-corrected chi connectivity index (χ3v) is 6.39. The van der Waals surface area contributed by atoms with E-state index in [0.717, 1.165) is 31.5 Å². The number of likely N-dealkylation sites (tertiary alicyclic amines) is 1. The SMILES string of the molecule is Cc1nc(S(=O)(=O)NCC(c2ccccc2)N2CCCCCC2)cn1C. The minimum absolute atomic E-state index is 0.0360. The molecule has 6 nitrogen and oxygen atoms in total. The van der Waals surface area contributed by atoms with Crippen LogP contribution >= 0.6 is 0 Å². The van der Waals surface area contributed by atoms with Crippen LogP contribution in [0.1, 0.15) is 43.1 Å². The Balaban J connectivity index is 1.79. The lowest BCUT2D eigenvalue weighted by Crippen LogP contribution is -2.38. The monoisotopic (exact) mass is 376 g/mol. The Labute approximate surface area is 156 Å². The van der Waals surface area contributed by atoms with E-state index in [1.165, 1.54) is 12.8 Å². The van der Waals surface area contributed by atoms with Crippen molar-refractivity contribution in [2.75, 3.05) is 19.6 Å². The van der Waals surface area contributed by atoms with Gasteiger partial charge in [0.05, 0.1) is 0 Å². The highest BCUT2D eigenvalue weighted by molar-refractivity contribution is 7.89. The molecule has 0 radical (unpaired) electrons. The molecular formula is C19H28N4O2S. The van der Waals surface area contributed by atoms with Gasteiger partial charge in [-0.2, -0.15) is 0 Å². The molecule has 142 valence electrons. The Kier molecular flexibility index (Phi) is 6.11. The van der Waals surface area contributed by atoms with Gasteiger partial charge in [-0.3, -0.25) is 4.90 Å². The number of hydrogen-bond acceptors (Lipinski definition) is 4. The Morgan fingerprint density at radius 2 is 1.77 bits per heavy atom. The predicted molar refractivity (Wildman–Crippen MR) is 102 cm³/mol. The molecule has 2 aromatic rings. The fourth-order valence-corrected chi connectivity index (χ4v) is 4.53. The second-order valence-corrected chi connectivity index (χ2v) is 8.68. The quantitative estimate of drug-likeness (QED) is 0.842. The molecule has 1 aliphatic heterocycles. The molecule has 1 saturated heterocycles. The van der Waals surface area contributed by atoms with Gasteiger partial charge in [0.2, 0.25) is 0 Å². The molecule has 1 aromatic heterocycles. The van der Waals surface area contributed by atoms with Crippen molar-refractivity contribution in [1.29, 1.82) is 0 Å². The second-order valence-electron chi connectivity index (χ2n) is 6.97. The first-order chi connectivity index (χ1) is 12.5. The van der Waals surface area contributed by atoms with Crippen molar-refractivity contribution in [1.82, 2.24) is 19.2 Å². The van der Waals surface area contributed by atoms with Crippen LogP contribution in [-0.4, -0.2) is 42.5 Å². The number of benzene rings is 1. The van der Waals surface area contributed by atoms with Crippen molar-refractivity contribution in [3.05, 3.63) is 47.9 Å². The summed E-state index contributed by atoms with van der Waals surface area (Å²) in [5.74, 6) is 0.678. The van der Waals surface area contributed by atoms with Crippen molar-refractivity contribution in [3.8, 4) is 0 Å². The lowest BCUT2D eigenvalue weighted by Gasteiger charge is -2.31. The molecule has 1 aromatic carbocycles. The largest absolute Gasteiger partial charge is 0.337 e. The van der Waals surface area contributed by atoms with E-state index in [1.807, 2.05) is 18.2 Å². The summed E-state index contributed by atoms with van der Waals surface area (Å²) in [4.78, 5) is 6.57. The highest BCUT2D eigenvalue weighted by Crippen LogP contribution is 2.24. The van der Waals surface area contributed by atoms with Crippen molar-refractivity contribution in [3.63, 3.8) is 0 Å². The van der Waals surface area contributed by atoms with Crippen LogP contribution in [0.2, 0.25) is 0 Å². The van der Waals surface area contributed by atoms with Crippen LogP contribution in [0.4, 0.5) is 0 Å².